The van der Waals surface area contributed by atoms with E-state index in [1.54, 1.807) is 6.08 Å². The molecule has 1 rings (SSSR count). The quantitative estimate of drug-likeness (QED) is 0.279. The number of carbonyl (C=O) groups excluding carboxylic acids is 1. The Hall–Kier alpha value is -0.598. The molecular weight excluding hydrogens is 436 g/mol. The van der Waals surface area contributed by atoms with E-state index in [0.717, 1.165) is 6.42 Å². The summed E-state index contributed by atoms with van der Waals surface area (Å²) >= 11 is 0. The summed E-state index contributed by atoms with van der Waals surface area (Å²) in [6.45, 7) is 3.28. The minimum Gasteiger partial charge on any atom is -0.471 e. The molecule has 6 heteroatoms. The van der Waals surface area contributed by atoms with Gasteiger partial charge in [-0.3, -0.25) is 14.9 Å². The predicted octanol–water partition coefficient (Wildman–Crippen LogP) is 1.68. The molecule has 0 saturated heterocycles. The fourth-order valence-electron chi connectivity index (χ4n) is 0.765. The fourth-order valence-corrected chi connectivity index (χ4v) is 0.765. The van der Waals surface area contributed by atoms with E-state index in [1.807, 2.05) is 0 Å². The van der Waals surface area contributed by atoms with Crippen molar-refractivity contribution in [2.75, 3.05) is 7.11 Å². The third-order valence-corrected chi connectivity index (χ3v) is 1.52. The van der Waals surface area contributed by atoms with Crippen LogP contribution in [0.5, 0.6) is 0 Å². The van der Waals surface area contributed by atoms with Crippen LogP contribution in [0.15, 0.2) is 17.8 Å². The van der Waals surface area contributed by atoms with Crippen LogP contribution in [-0.2, 0) is 9.53 Å². The van der Waals surface area contributed by atoms with E-state index in [-0.39, 0.29) is 49.2 Å². The Morgan fingerprint density at radius 3 is 2.56 bits per heavy atom. The number of hydrogen-bond donors (Lipinski definition) is 0. The van der Waals surface area contributed by atoms with E-state index < -0.39 is 4.92 Å². The van der Waals surface area contributed by atoms with Gasteiger partial charge in [0.05, 0.1) is 7.11 Å². The fraction of sp³-hybridized carbons (Fsp3) is 0.400. The Kier molecular flexibility index (Phi) is 12.1. The van der Waals surface area contributed by atoms with Gasteiger partial charge in [0.2, 0.25) is 0 Å². The van der Waals surface area contributed by atoms with Gasteiger partial charge in [-0.25, -0.2) is 0 Å². The summed E-state index contributed by atoms with van der Waals surface area (Å²) in [7, 11) is 1.34. The Morgan fingerprint density at radius 2 is 2.38 bits per heavy atom. The van der Waals surface area contributed by atoms with Crippen molar-refractivity contribution < 1.29 is 45.6 Å². The van der Waals surface area contributed by atoms with Gasteiger partial charge in [0.1, 0.15) is 5.70 Å². The molecule has 1 aliphatic rings. The zero-order valence-corrected chi connectivity index (χ0v) is 13.2. The second-order valence-corrected chi connectivity index (χ2v) is 2.59. The molecule has 0 bridgehead atoms. The number of methoxy groups -OCH3 is 1. The van der Waals surface area contributed by atoms with Crippen molar-refractivity contribution in [3.8, 4) is 0 Å². The second kappa shape index (κ2) is 10.9. The number of ether oxygens (including phenoxy) is 1. The SMILES string of the molecule is O=[N+]([O-])C1=[C-]CCC=C1.[CH2-]CC(=O)OC.[U+2]. The number of nitrogens with zero attached hydrogens (tertiary/aromatic N) is 1. The monoisotopic (exact) mass is 449 g/mol. The average molecular weight is 449 g/mol. The zero-order chi connectivity index (χ0) is 11.7. The van der Waals surface area contributed by atoms with Crippen molar-refractivity contribution in [3.63, 3.8) is 0 Å². The minimum absolute atomic E-state index is 0. The molecule has 5 nitrogen and oxygen atoms in total. The summed E-state index contributed by atoms with van der Waals surface area (Å²) < 4.78 is 4.20. The van der Waals surface area contributed by atoms with Crippen LogP contribution in [0.25, 0.3) is 0 Å². The van der Waals surface area contributed by atoms with Gasteiger partial charge in [0.25, 0.3) is 5.97 Å². The predicted molar refractivity (Wildman–Crippen MR) is 54.1 cm³/mol. The minimum atomic E-state index is -0.421. The molecule has 0 heterocycles. The largest absolute Gasteiger partial charge is 2.00 e. The van der Waals surface area contributed by atoms with E-state index in [2.05, 4.69) is 17.7 Å². The molecule has 0 amide bonds. The van der Waals surface area contributed by atoms with Gasteiger partial charge in [-0.2, -0.15) is 12.2 Å². The van der Waals surface area contributed by atoms with E-state index in [9.17, 15) is 14.9 Å². The number of hydrogen-bond acceptors (Lipinski definition) is 4. The molecule has 16 heavy (non-hydrogen) atoms. The van der Waals surface area contributed by atoms with Crippen molar-refractivity contribution in [1.29, 1.82) is 0 Å². The first-order valence-corrected chi connectivity index (χ1v) is 4.39. The molecule has 0 fully saturated rings. The normalized spacial score (nSPS) is 12.5. The van der Waals surface area contributed by atoms with Crippen LogP contribution in [-0.4, -0.2) is 18.0 Å². The summed E-state index contributed by atoms with van der Waals surface area (Å²) in [6, 6.07) is 0. The number of rotatable bonds is 2. The number of allylic oxidation sites excluding steroid dienone is 3. The Bertz CT molecular complexity index is 281. The molecule has 0 atom stereocenters. The molecular formula is C10H13NO4U. The maximum atomic E-state index is 10.0. The molecule has 0 aromatic carbocycles. The Morgan fingerprint density at radius 1 is 1.75 bits per heavy atom. The third-order valence-electron chi connectivity index (χ3n) is 1.52. The molecule has 1 aliphatic carbocycles. The van der Waals surface area contributed by atoms with Gasteiger partial charge < -0.3 is 11.7 Å². The zero-order valence-electron chi connectivity index (χ0n) is 9.06. The molecule has 0 aromatic rings. The van der Waals surface area contributed by atoms with Gasteiger partial charge in [-0.15, -0.1) is 12.5 Å². The van der Waals surface area contributed by atoms with Crippen LogP contribution in [0.4, 0.5) is 0 Å². The van der Waals surface area contributed by atoms with Gasteiger partial charge in [0.15, 0.2) is 0 Å². The topological polar surface area (TPSA) is 69.4 Å². The van der Waals surface area contributed by atoms with E-state index in [4.69, 9.17) is 0 Å². The summed E-state index contributed by atoms with van der Waals surface area (Å²) in [6.07, 6.45) is 7.69. The van der Waals surface area contributed by atoms with Gasteiger partial charge in [-0.1, -0.05) is 12.8 Å². The first kappa shape index (κ1) is 17.8. The molecule has 0 saturated carbocycles. The van der Waals surface area contributed by atoms with E-state index in [0.29, 0.717) is 6.42 Å². The molecule has 0 radical (unpaired) electrons. The molecule has 0 N–H and O–H groups in total. The standard InChI is InChI=1S/C6H6NO2.C4H7O2.U/c8-7(9)6-4-2-1-3-5-6;1-3-4(5)6-2;/h2,4H,1,3H2;1,3H2,2H3;/q2*-1;+2. The second-order valence-electron chi connectivity index (χ2n) is 2.59. The van der Waals surface area contributed by atoms with Crippen LogP contribution < -0.4 is 0 Å². The van der Waals surface area contributed by atoms with Crippen LogP contribution in [0.1, 0.15) is 19.3 Å². The van der Waals surface area contributed by atoms with Gasteiger partial charge in [0, 0.05) is 4.92 Å². The maximum Gasteiger partial charge on any atom is 2.00 e. The van der Waals surface area contributed by atoms with E-state index in [1.165, 1.54) is 13.2 Å². The Labute approximate surface area is 118 Å². The van der Waals surface area contributed by atoms with E-state index >= 15 is 0 Å². The number of nitro groups is 1. The van der Waals surface area contributed by atoms with Crippen molar-refractivity contribution in [1.82, 2.24) is 0 Å². The molecule has 0 aliphatic heterocycles. The molecule has 86 valence electrons. The van der Waals surface area contributed by atoms with Crippen molar-refractivity contribution in [2.24, 2.45) is 0 Å². The smallest absolute Gasteiger partial charge is 0.471 e. The summed E-state index contributed by atoms with van der Waals surface area (Å²) in [5.41, 5.74) is 0.0984. The molecule has 0 spiro atoms. The average Bonchev–Trinajstić information content (AvgIpc) is 2.30. The maximum absolute atomic E-state index is 10.0. The third kappa shape index (κ3) is 8.69. The summed E-state index contributed by atoms with van der Waals surface area (Å²) in [5, 5.41) is 10.0. The first-order chi connectivity index (χ1) is 7.11. The van der Waals surface area contributed by atoms with Crippen LogP contribution in [0.3, 0.4) is 0 Å². The van der Waals surface area contributed by atoms with Crippen molar-refractivity contribution >= 4 is 5.97 Å². The summed E-state index contributed by atoms with van der Waals surface area (Å²) in [4.78, 5) is 19.5. The van der Waals surface area contributed by atoms with Gasteiger partial charge in [-0.05, 0) is 0 Å². The first-order valence-electron chi connectivity index (χ1n) is 4.39. The van der Waals surface area contributed by atoms with Crippen molar-refractivity contribution in [2.45, 2.75) is 19.3 Å². The van der Waals surface area contributed by atoms with Crippen LogP contribution >= 0.6 is 0 Å². The number of carbonyl (C=O) groups is 1. The molecule has 0 aromatic heterocycles. The van der Waals surface area contributed by atoms with Crippen LogP contribution in [0.2, 0.25) is 0 Å². The molecule has 0 unspecified atom stereocenters. The summed E-state index contributed by atoms with van der Waals surface area (Å²) in [5.74, 6) is -0.269. The van der Waals surface area contributed by atoms with Crippen molar-refractivity contribution in [3.05, 3.63) is 41.0 Å². The van der Waals surface area contributed by atoms with Gasteiger partial charge >= 0.3 is 31.1 Å². The Balaban J connectivity index is 0. The number of esters is 1. The van der Waals surface area contributed by atoms with Crippen LogP contribution in [0, 0.1) is 54.2 Å².